The van der Waals surface area contributed by atoms with Crippen molar-refractivity contribution in [3.05, 3.63) is 18.2 Å². The molecule has 0 unspecified atom stereocenters. The summed E-state index contributed by atoms with van der Waals surface area (Å²) in [5.74, 6) is 0.808. The molecule has 0 atom stereocenters. The van der Waals surface area contributed by atoms with E-state index in [9.17, 15) is 0 Å². The Balaban J connectivity index is 1.96. The zero-order chi connectivity index (χ0) is 12.1. The molecule has 2 aromatic rings. The summed E-state index contributed by atoms with van der Waals surface area (Å²) in [5, 5.41) is 8.14. The molecule has 0 saturated heterocycles. The highest BCUT2D eigenvalue weighted by molar-refractivity contribution is 7.09. The van der Waals surface area contributed by atoms with Gasteiger partial charge in [0.1, 0.15) is 5.82 Å². The number of aromatic nitrogens is 4. The van der Waals surface area contributed by atoms with E-state index >= 15 is 0 Å². The van der Waals surface area contributed by atoms with E-state index in [1.165, 1.54) is 11.5 Å². The molecule has 0 aliphatic heterocycles. The molecule has 0 aromatic carbocycles. The van der Waals surface area contributed by atoms with Gasteiger partial charge in [0, 0.05) is 37.8 Å². The van der Waals surface area contributed by atoms with Gasteiger partial charge in [-0.25, -0.2) is 4.98 Å². The molecular formula is C10H15N5OS. The summed E-state index contributed by atoms with van der Waals surface area (Å²) in [6.07, 6.45) is 4.46. The van der Waals surface area contributed by atoms with Gasteiger partial charge >= 0.3 is 0 Å². The molecule has 6 nitrogen and oxygen atoms in total. The van der Waals surface area contributed by atoms with Crippen LogP contribution >= 0.6 is 11.5 Å². The molecule has 0 radical (unpaired) electrons. The summed E-state index contributed by atoms with van der Waals surface area (Å²) in [5.41, 5.74) is 0.932. The van der Waals surface area contributed by atoms with Gasteiger partial charge in [-0.3, -0.25) is 4.68 Å². The third-order valence-electron chi connectivity index (χ3n) is 2.21. The molecule has 2 heterocycles. The normalized spacial score (nSPS) is 10.7. The predicted octanol–water partition coefficient (Wildman–Crippen LogP) is 1.69. The zero-order valence-corrected chi connectivity index (χ0v) is 10.7. The second kappa shape index (κ2) is 5.74. The fraction of sp³-hybridized carbons (Fsp3) is 0.500. The lowest BCUT2D eigenvalue weighted by Crippen LogP contribution is -1.96. The molecule has 92 valence electrons. The van der Waals surface area contributed by atoms with Crippen molar-refractivity contribution in [1.29, 1.82) is 0 Å². The fourth-order valence-corrected chi connectivity index (χ4v) is 1.96. The van der Waals surface area contributed by atoms with Crippen LogP contribution in [0.25, 0.3) is 0 Å². The predicted molar refractivity (Wildman–Crippen MR) is 66.7 cm³/mol. The minimum atomic E-state index is 0.643. The Morgan fingerprint density at radius 1 is 1.53 bits per heavy atom. The van der Waals surface area contributed by atoms with Crippen molar-refractivity contribution in [2.24, 2.45) is 0 Å². The van der Waals surface area contributed by atoms with Gasteiger partial charge < -0.3 is 10.1 Å². The van der Waals surface area contributed by atoms with Crippen molar-refractivity contribution in [3.63, 3.8) is 0 Å². The number of nitrogens with zero attached hydrogens (tertiary/aromatic N) is 4. The van der Waals surface area contributed by atoms with Crippen molar-refractivity contribution >= 4 is 22.4 Å². The Morgan fingerprint density at radius 2 is 2.41 bits per heavy atom. The quantitative estimate of drug-likeness (QED) is 0.848. The maximum absolute atomic E-state index is 4.98. The Kier molecular flexibility index (Phi) is 4.05. The minimum Gasteiger partial charge on any atom is -0.384 e. The lowest BCUT2D eigenvalue weighted by atomic mass is 10.4. The molecule has 7 heteroatoms. The molecule has 17 heavy (non-hydrogen) atoms. The fourth-order valence-electron chi connectivity index (χ4n) is 1.32. The second-order valence-corrected chi connectivity index (χ2v) is 4.22. The van der Waals surface area contributed by atoms with Gasteiger partial charge in [-0.1, -0.05) is 0 Å². The lowest BCUT2D eigenvalue weighted by molar-refractivity contribution is 0.201. The first-order valence-electron chi connectivity index (χ1n) is 5.43. The standard InChI is InChI=1S/C10H15N5OS/c1-3-15-7-8(6-11-15)12-10-13-9(14-17-10)4-5-16-2/h6-7H,3-5H2,1-2H3,(H,12,13,14). The van der Waals surface area contributed by atoms with Crippen molar-refractivity contribution in [1.82, 2.24) is 19.1 Å². The second-order valence-electron chi connectivity index (χ2n) is 3.47. The minimum absolute atomic E-state index is 0.643. The highest BCUT2D eigenvalue weighted by atomic mass is 32.1. The molecular weight excluding hydrogens is 238 g/mol. The SMILES string of the molecule is CCn1cc(Nc2nc(CCOC)ns2)cn1. The third kappa shape index (κ3) is 3.24. The largest absolute Gasteiger partial charge is 0.384 e. The highest BCUT2D eigenvalue weighted by Gasteiger charge is 2.05. The summed E-state index contributed by atoms with van der Waals surface area (Å²) >= 11 is 1.35. The molecule has 0 spiro atoms. The average molecular weight is 253 g/mol. The highest BCUT2D eigenvalue weighted by Crippen LogP contribution is 2.17. The van der Waals surface area contributed by atoms with Crippen molar-refractivity contribution in [3.8, 4) is 0 Å². The molecule has 2 rings (SSSR count). The molecule has 0 aliphatic rings. The Hall–Kier alpha value is -1.47. The number of hydrogen-bond donors (Lipinski definition) is 1. The molecule has 0 fully saturated rings. The van der Waals surface area contributed by atoms with Crippen LogP contribution in [-0.4, -0.2) is 32.9 Å². The maximum atomic E-state index is 4.98. The zero-order valence-electron chi connectivity index (χ0n) is 9.88. The average Bonchev–Trinajstić information content (AvgIpc) is 2.96. The number of methoxy groups -OCH3 is 1. The molecule has 0 aliphatic carbocycles. The lowest BCUT2D eigenvalue weighted by Gasteiger charge is -1.96. The number of aryl methyl sites for hydroxylation is 1. The van der Waals surface area contributed by atoms with E-state index in [0.29, 0.717) is 6.61 Å². The van der Waals surface area contributed by atoms with E-state index in [1.807, 2.05) is 17.8 Å². The number of rotatable bonds is 6. The van der Waals surface area contributed by atoms with Gasteiger partial charge in [-0.2, -0.15) is 9.47 Å². The molecule has 0 bridgehead atoms. The first-order chi connectivity index (χ1) is 8.31. The maximum Gasteiger partial charge on any atom is 0.207 e. The molecule has 0 saturated carbocycles. The Labute approximate surface area is 104 Å². The number of hydrogen-bond acceptors (Lipinski definition) is 6. The van der Waals surface area contributed by atoms with Crippen molar-refractivity contribution < 1.29 is 4.74 Å². The van der Waals surface area contributed by atoms with Gasteiger partial charge in [0.25, 0.3) is 0 Å². The van der Waals surface area contributed by atoms with Gasteiger partial charge in [0.05, 0.1) is 18.5 Å². The summed E-state index contributed by atoms with van der Waals surface area (Å²) in [6, 6.07) is 0. The molecule has 2 aromatic heterocycles. The van der Waals surface area contributed by atoms with Crippen LogP contribution in [0.2, 0.25) is 0 Å². The van der Waals surface area contributed by atoms with E-state index < -0.39 is 0 Å². The van der Waals surface area contributed by atoms with Crippen LogP contribution in [0, 0.1) is 0 Å². The van der Waals surface area contributed by atoms with Crippen LogP contribution in [0.1, 0.15) is 12.7 Å². The van der Waals surface area contributed by atoms with Gasteiger partial charge in [0.2, 0.25) is 5.13 Å². The monoisotopic (exact) mass is 253 g/mol. The van der Waals surface area contributed by atoms with Crippen LogP contribution in [0.5, 0.6) is 0 Å². The van der Waals surface area contributed by atoms with Gasteiger partial charge in [-0.05, 0) is 6.92 Å². The number of nitrogens with one attached hydrogen (secondary N) is 1. The van der Waals surface area contributed by atoms with E-state index in [2.05, 4.69) is 19.8 Å². The first kappa shape index (κ1) is 12.0. The van der Waals surface area contributed by atoms with Crippen molar-refractivity contribution in [2.75, 3.05) is 19.0 Å². The third-order valence-corrected chi connectivity index (χ3v) is 2.87. The van der Waals surface area contributed by atoms with Crippen LogP contribution in [0.15, 0.2) is 12.4 Å². The Bertz CT molecular complexity index is 467. The summed E-state index contributed by atoms with van der Waals surface area (Å²) in [7, 11) is 1.67. The van der Waals surface area contributed by atoms with E-state index in [4.69, 9.17) is 4.74 Å². The van der Waals surface area contributed by atoms with E-state index in [1.54, 1.807) is 13.3 Å². The van der Waals surface area contributed by atoms with Gasteiger partial charge in [0.15, 0.2) is 0 Å². The van der Waals surface area contributed by atoms with E-state index in [-0.39, 0.29) is 0 Å². The summed E-state index contributed by atoms with van der Waals surface area (Å²) in [6.45, 7) is 3.55. The van der Waals surface area contributed by atoms with Crippen LogP contribution < -0.4 is 5.32 Å². The summed E-state index contributed by atoms with van der Waals surface area (Å²) in [4.78, 5) is 4.36. The molecule has 1 N–H and O–H groups in total. The van der Waals surface area contributed by atoms with Crippen LogP contribution in [0.4, 0.5) is 10.8 Å². The first-order valence-corrected chi connectivity index (χ1v) is 6.20. The smallest absolute Gasteiger partial charge is 0.207 e. The van der Waals surface area contributed by atoms with E-state index in [0.717, 1.165) is 29.6 Å². The Morgan fingerprint density at radius 3 is 3.12 bits per heavy atom. The molecule has 0 amide bonds. The van der Waals surface area contributed by atoms with Crippen LogP contribution in [-0.2, 0) is 17.7 Å². The van der Waals surface area contributed by atoms with Crippen molar-refractivity contribution in [2.45, 2.75) is 19.9 Å². The van der Waals surface area contributed by atoms with Crippen LogP contribution in [0.3, 0.4) is 0 Å². The van der Waals surface area contributed by atoms with Gasteiger partial charge in [-0.15, -0.1) is 0 Å². The topological polar surface area (TPSA) is 64.9 Å². The number of ether oxygens (including phenoxy) is 1. The number of anilines is 2. The summed E-state index contributed by atoms with van der Waals surface area (Å²) < 4.78 is 11.1.